The number of hydrogen-bond donors (Lipinski definition) is 0. The Bertz CT molecular complexity index is 2280. The molecule has 59 heavy (non-hydrogen) atoms. The topological polar surface area (TPSA) is 0 Å². The van der Waals surface area contributed by atoms with Gasteiger partial charge in [-0.3, -0.25) is 0 Å². The SMILES string of the molecule is C[C]1[CH][C]2[C](C=CC=C2c2ccccc2)[C]1[B-](C[P+](c1ccccc1)(c1ccccc1)c1ccccc1)([C]1[C](C)[CH][C]2[C]1C=CC=C2c1ccccc1)c1ccccc1. The first kappa shape index (κ1) is 38.0. The maximum Gasteiger partial charge on any atom is 0.101 e. The summed E-state index contributed by atoms with van der Waals surface area (Å²) in [5.41, 5.74) is 6.42. The summed E-state index contributed by atoms with van der Waals surface area (Å²) < 4.78 is 0. The number of fused-ring (bicyclic) bond motifs is 2. The average Bonchev–Trinajstić information content (AvgIpc) is 3.84. The molecule has 0 nitrogen and oxygen atoms in total. The highest BCUT2D eigenvalue weighted by molar-refractivity contribution is 7.97. The lowest BCUT2D eigenvalue weighted by Crippen LogP contribution is -2.66. The zero-order chi connectivity index (χ0) is 39.8. The van der Waals surface area contributed by atoms with Gasteiger partial charge < -0.3 is 0 Å². The van der Waals surface area contributed by atoms with Crippen molar-refractivity contribution in [1.29, 1.82) is 0 Å². The van der Waals surface area contributed by atoms with Crippen LogP contribution in [0.1, 0.15) is 25.0 Å². The Morgan fingerprint density at radius 2 is 0.729 bits per heavy atom. The van der Waals surface area contributed by atoms with E-state index >= 15 is 0 Å². The molecule has 0 atom stereocenters. The molecule has 10 radical (unpaired) electrons. The normalized spacial score (nSPS) is 18.8. The van der Waals surface area contributed by atoms with Crippen LogP contribution in [-0.2, 0) is 0 Å². The van der Waals surface area contributed by atoms with Gasteiger partial charge in [-0.05, 0) is 89.4 Å². The van der Waals surface area contributed by atoms with Crippen LogP contribution in [0.15, 0.2) is 218 Å². The van der Waals surface area contributed by atoms with Crippen LogP contribution in [0.2, 0.25) is 0 Å². The second-order valence-electron chi connectivity index (χ2n) is 16.2. The largest absolute Gasteiger partial charge is 0.205 e. The first-order valence-electron chi connectivity index (χ1n) is 20.9. The van der Waals surface area contributed by atoms with E-state index < -0.39 is 13.4 Å². The van der Waals surface area contributed by atoms with E-state index in [4.69, 9.17) is 0 Å². The van der Waals surface area contributed by atoms with Crippen LogP contribution < -0.4 is 21.4 Å². The Morgan fingerprint density at radius 1 is 0.390 bits per heavy atom. The molecule has 0 N–H and O–H groups in total. The molecule has 2 saturated carbocycles. The van der Waals surface area contributed by atoms with Crippen LogP contribution in [-0.4, -0.2) is 12.2 Å². The third kappa shape index (κ3) is 6.49. The first-order valence-corrected chi connectivity index (χ1v) is 22.8. The summed E-state index contributed by atoms with van der Waals surface area (Å²) >= 11 is 0. The summed E-state index contributed by atoms with van der Waals surface area (Å²) in [5, 5.41) is 4.20. The van der Waals surface area contributed by atoms with Gasteiger partial charge in [0.25, 0.3) is 0 Å². The molecular weight excluding hydrogens is 726 g/mol. The molecule has 4 aliphatic rings. The summed E-state index contributed by atoms with van der Waals surface area (Å²) in [5.74, 6) is 10.9. The van der Waals surface area contributed by atoms with Gasteiger partial charge in [0.1, 0.15) is 15.9 Å². The standard InChI is InChI=1S/C57H46BP/c1-42-39-54-50(44-23-9-3-10-24-44)35-21-37-52(54)56(42)58(46-27-13-5-14-28-46,57-43(2)40-55-51(36-22-38-53(55)57)45-25-11-4-12-26-45)41-59(47-29-15-6-16-30-47,48-31-17-7-18-32-48)49-33-19-8-20-34-49/h3-40H,41H2,1-2H3. The smallest absolute Gasteiger partial charge is 0.101 e. The van der Waals surface area contributed by atoms with Crippen LogP contribution in [0.3, 0.4) is 0 Å². The van der Waals surface area contributed by atoms with Crippen LogP contribution in [0.4, 0.5) is 0 Å². The lowest BCUT2D eigenvalue weighted by Gasteiger charge is -2.58. The fourth-order valence-electron chi connectivity index (χ4n) is 10.7. The summed E-state index contributed by atoms with van der Waals surface area (Å²) in [6, 6.07) is 68.8. The van der Waals surface area contributed by atoms with E-state index in [0.717, 1.165) is 6.06 Å². The molecule has 282 valence electrons. The predicted octanol–water partition coefficient (Wildman–Crippen LogP) is 11.3. The number of rotatable bonds is 10. The minimum absolute atomic E-state index is 0.917. The summed E-state index contributed by atoms with van der Waals surface area (Å²) in [6.07, 6.45) is 17.3. The lowest BCUT2D eigenvalue weighted by molar-refractivity contribution is 1.07. The highest BCUT2D eigenvalue weighted by Gasteiger charge is 2.62. The van der Waals surface area contributed by atoms with Crippen molar-refractivity contribution in [3.05, 3.63) is 290 Å². The molecule has 4 aliphatic carbocycles. The van der Waals surface area contributed by atoms with Crippen LogP contribution in [0, 0.1) is 60.0 Å². The van der Waals surface area contributed by atoms with Crippen LogP contribution in [0.25, 0.3) is 11.1 Å². The summed E-state index contributed by atoms with van der Waals surface area (Å²) in [6.45, 7) is 4.76. The first-order chi connectivity index (χ1) is 29.1. The Hall–Kier alpha value is -5.23. The molecular formula is C57H46BP. The van der Waals surface area contributed by atoms with Gasteiger partial charge in [0.2, 0.25) is 0 Å². The second-order valence-corrected chi connectivity index (χ2v) is 19.7. The molecule has 2 fully saturated rings. The highest BCUT2D eigenvalue weighted by atomic mass is 31.2. The Labute approximate surface area is 353 Å². The van der Waals surface area contributed by atoms with Crippen LogP contribution in [0.5, 0.6) is 0 Å². The molecule has 0 aromatic heterocycles. The molecule has 6 aromatic rings. The zero-order valence-corrected chi connectivity index (χ0v) is 34.6. The second kappa shape index (κ2) is 16.1. The van der Waals surface area contributed by atoms with Gasteiger partial charge in [-0.2, -0.15) is 11.6 Å². The number of allylic oxidation sites excluding steroid dienone is 8. The van der Waals surface area contributed by atoms with E-state index in [-0.39, 0.29) is 0 Å². The lowest BCUT2D eigenvalue weighted by atomic mass is 9.08. The van der Waals surface area contributed by atoms with E-state index in [1.165, 1.54) is 90.8 Å². The monoisotopic (exact) mass is 772 g/mol. The molecule has 2 heteroatoms. The highest BCUT2D eigenvalue weighted by Crippen LogP contribution is 2.69. The number of benzene rings is 6. The van der Waals surface area contributed by atoms with E-state index in [1.807, 2.05) is 0 Å². The van der Waals surface area contributed by atoms with Crippen molar-refractivity contribution >= 4 is 45.9 Å². The van der Waals surface area contributed by atoms with Gasteiger partial charge >= 0.3 is 0 Å². The van der Waals surface area contributed by atoms with Gasteiger partial charge in [0.15, 0.2) is 0 Å². The van der Waals surface area contributed by atoms with Crippen molar-refractivity contribution in [1.82, 2.24) is 0 Å². The molecule has 6 aromatic carbocycles. The Kier molecular flexibility index (Phi) is 10.4. The molecule has 0 saturated heterocycles. The van der Waals surface area contributed by atoms with Crippen molar-refractivity contribution in [3.63, 3.8) is 0 Å². The predicted molar refractivity (Wildman–Crippen MR) is 255 cm³/mol. The quantitative estimate of drug-likeness (QED) is 0.0961. The van der Waals surface area contributed by atoms with Crippen LogP contribution >= 0.6 is 7.26 Å². The van der Waals surface area contributed by atoms with Crippen molar-refractivity contribution in [3.8, 4) is 0 Å². The maximum atomic E-state index is 2.50. The molecule has 0 spiro atoms. The van der Waals surface area contributed by atoms with Crippen molar-refractivity contribution in [2.75, 3.05) is 6.06 Å². The van der Waals surface area contributed by atoms with Gasteiger partial charge in [-0.1, -0.05) is 208 Å². The van der Waals surface area contributed by atoms with E-state index in [9.17, 15) is 0 Å². The molecule has 0 aliphatic heterocycles. The van der Waals surface area contributed by atoms with Gasteiger partial charge in [0.05, 0.1) is 13.4 Å². The van der Waals surface area contributed by atoms with Crippen molar-refractivity contribution in [2.45, 2.75) is 13.8 Å². The van der Waals surface area contributed by atoms with E-state index in [2.05, 4.69) is 245 Å². The summed E-state index contributed by atoms with van der Waals surface area (Å²) in [7, 11) is -2.43. The average molecular weight is 773 g/mol. The molecule has 10 rings (SSSR count). The molecule has 0 bridgehead atoms. The fraction of sp³-hybridized carbons (Fsp3) is 0.0526. The third-order valence-electron chi connectivity index (χ3n) is 13.0. The summed E-state index contributed by atoms with van der Waals surface area (Å²) in [4.78, 5) is 0. The molecule has 0 unspecified atom stereocenters. The van der Waals surface area contributed by atoms with E-state index in [1.54, 1.807) is 0 Å². The number of hydrogen-bond acceptors (Lipinski definition) is 0. The Morgan fingerprint density at radius 3 is 1.10 bits per heavy atom. The molecule has 0 amide bonds. The minimum atomic E-state index is -2.43. The minimum Gasteiger partial charge on any atom is -0.205 e. The zero-order valence-electron chi connectivity index (χ0n) is 33.7. The maximum absolute atomic E-state index is 2.50. The van der Waals surface area contributed by atoms with Crippen molar-refractivity contribution < 1.29 is 0 Å². The van der Waals surface area contributed by atoms with Crippen molar-refractivity contribution in [2.24, 2.45) is 0 Å². The third-order valence-corrected chi connectivity index (χ3v) is 17.7. The van der Waals surface area contributed by atoms with E-state index in [0.29, 0.717) is 0 Å². The van der Waals surface area contributed by atoms with Gasteiger partial charge in [-0.25, -0.2) is 5.46 Å². The fourth-order valence-corrected chi connectivity index (χ4v) is 15.7. The Balaban J connectivity index is 1.26. The van der Waals surface area contributed by atoms with Gasteiger partial charge in [-0.15, -0.1) is 0 Å². The molecule has 0 heterocycles. The van der Waals surface area contributed by atoms with Gasteiger partial charge in [0, 0.05) is 11.8 Å².